The van der Waals surface area contributed by atoms with Gasteiger partial charge in [0.15, 0.2) is 11.5 Å². The van der Waals surface area contributed by atoms with Gasteiger partial charge in [0.1, 0.15) is 6.10 Å². The Kier molecular flexibility index (Phi) is 7.26. The smallest absolute Gasteiger partial charge is 0.416 e. The first kappa shape index (κ1) is 31.0. The van der Waals surface area contributed by atoms with Gasteiger partial charge in [0.2, 0.25) is 0 Å². The number of nitro groups is 1. The van der Waals surface area contributed by atoms with Gasteiger partial charge in [-0.1, -0.05) is 36.3 Å². The standard InChI is InChI=1S/C35H32F3N3O6/c1-39(29(43)12-9-22-7-10-23(11-8-22)35(36,37)38)25-13-15-34(44)28-19-24-26(41(45)46)20-27(42)31-30(24)33(34,32(25)47-31)16-18-40(28)17-14-21-5-3-2-4-6-21/h2-8,10-11,20,25,28,32,42,44H,13-19H2,1H3/t25-,28+,32-,33-,34+/m0/s1. The third kappa shape index (κ3) is 4.74. The number of benzene rings is 3. The van der Waals surface area contributed by atoms with Gasteiger partial charge in [0, 0.05) is 42.2 Å². The monoisotopic (exact) mass is 647 g/mol. The molecule has 0 aromatic heterocycles. The molecule has 2 heterocycles. The van der Waals surface area contributed by atoms with Gasteiger partial charge in [-0.3, -0.25) is 19.8 Å². The highest BCUT2D eigenvalue weighted by Crippen LogP contribution is 2.67. The molecule has 2 N–H and O–H groups in total. The fourth-order valence-corrected chi connectivity index (χ4v) is 8.52. The Morgan fingerprint density at radius 3 is 2.57 bits per heavy atom. The highest BCUT2D eigenvalue weighted by molar-refractivity contribution is 5.94. The SMILES string of the molecule is CN(C(=O)C#Cc1ccc(C(F)(F)F)cc1)[C@H]1CC[C@@]2(O)[C@H]3Cc4c([N+](=O)[O-])cc(O)c5c4[C@@]2(CCN3CCc2ccccc2)[C@H]1O5. The van der Waals surface area contributed by atoms with Crippen LogP contribution in [0, 0.1) is 22.0 Å². The molecular weight excluding hydrogens is 615 g/mol. The topological polar surface area (TPSA) is 116 Å². The molecule has 5 atom stereocenters. The summed E-state index contributed by atoms with van der Waals surface area (Å²) in [7, 11) is 1.56. The van der Waals surface area contributed by atoms with E-state index in [1.807, 2.05) is 30.3 Å². The van der Waals surface area contributed by atoms with E-state index in [1.54, 1.807) is 7.05 Å². The number of alkyl halides is 3. The maximum absolute atomic E-state index is 13.4. The van der Waals surface area contributed by atoms with Crippen LogP contribution in [0.4, 0.5) is 18.9 Å². The van der Waals surface area contributed by atoms with E-state index in [0.29, 0.717) is 37.1 Å². The van der Waals surface area contributed by atoms with Crippen molar-refractivity contribution in [2.24, 2.45) is 0 Å². The first-order valence-electron chi connectivity index (χ1n) is 15.5. The summed E-state index contributed by atoms with van der Waals surface area (Å²) < 4.78 is 45.4. The average Bonchev–Trinajstić information content (AvgIpc) is 3.39. The summed E-state index contributed by atoms with van der Waals surface area (Å²) >= 11 is 0. The summed E-state index contributed by atoms with van der Waals surface area (Å²) in [6.07, 6.45) is -3.39. The van der Waals surface area contributed by atoms with Crippen LogP contribution in [0.15, 0.2) is 60.7 Å². The van der Waals surface area contributed by atoms with Gasteiger partial charge in [-0.25, -0.2) is 0 Å². The van der Waals surface area contributed by atoms with E-state index in [0.717, 1.165) is 30.2 Å². The van der Waals surface area contributed by atoms with E-state index in [4.69, 9.17) is 4.74 Å². The maximum atomic E-state index is 13.4. The van der Waals surface area contributed by atoms with Gasteiger partial charge >= 0.3 is 6.18 Å². The van der Waals surface area contributed by atoms with Crippen LogP contribution in [0.1, 0.15) is 47.1 Å². The van der Waals surface area contributed by atoms with Gasteiger partial charge in [0.05, 0.1) is 33.6 Å². The molecule has 1 saturated heterocycles. The molecule has 2 fully saturated rings. The van der Waals surface area contributed by atoms with Crippen LogP contribution in [0.2, 0.25) is 0 Å². The average molecular weight is 648 g/mol. The number of likely N-dealkylation sites (N-methyl/N-ethyl adjacent to an activating group) is 1. The lowest BCUT2D eigenvalue weighted by Crippen LogP contribution is -2.78. The summed E-state index contributed by atoms with van der Waals surface area (Å²) in [6.45, 7) is 1.20. The van der Waals surface area contributed by atoms with E-state index in [1.165, 1.54) is 17.0 Å². The highest BCUT2D eigenvalue weighted by Gasteiger charge is 2.74. The second-order valence-corrected chi connectivity index (χ2v) is 12.9. The number of aromatic hydroxyl groups is 1. The summed E-state index contributed by atoms with van der Waals surface area (Å²) in [5.41, 5.74) is -1.28. The number of nitro benzene ring substituents is 1. The zero-order valence-electron chi connectivity index (χ0n) is 25.5. The Labute approximate surface area is 268 Å². The molecule has 0 radical (unpaired) electrons. The molecule has 2 aliphatic carbocycles. The second kappa shape index (κ2) is 11.0. The number of rotatable bonds is 5. The zero-order chi connectivity index (χ0) is 33.3. The molecule has 4 aliphatic rings. The Bertz CT molecular complexity index is 1820. The van der Waals surface area contributed by atoms with Crippen molar-refractivity contribution in [1.82, 2.24) is 9.80 Å². The van der Waals surface area contributed by atoms with E-state index >= 15 is 0 Å². The van der Waals surface area contributed by atoms with Crippen molar-refractivity contribution in [3.63, 3.8) is 0 Å². The molecule has 3 aromatic carbocycles. The molecule has 0 unspecified atom stereocenters. The third-order valence-corrected chi connectivity index (χ3v) is 10.7. The van der Waals surface area contributed by atoms with Crippen molar-refractivity contribution in [2.75, 3.05) is 20.1 Å². The van der Waals surface area contributed by atoms with Crippen LogP contribution in [-0.4, -0.2) is 74.8 Å². The third-order valence-electron chi connectivity index (χ3n) is 10.7. The molecular formula is C35H32F3N3O6. The Morgan fingerprint density at radius 1 is 1.17 bits per heavy atom. The van der Waals surface area contributed by atoms with Gasteiger partial charge in [-0.15, -0.1) is 0 Å². The number of likely N-dealkylation sites (tertiary alicyclic amines) is 1. The van der Waals surface area contributed by atoms with Crippen LogP contribution >= 0.6 is 0 Å². The van der Waals surface area contributed by atoms with Crippen molar-refractivity contribution in [1.29, 1.82) is 0 Å². The minimum atomic E-state index is -4.49. The number of piperidine rings is 1. The zero-order valence-corrected chi connectivity index (χ0v) is 25.5. The molecule has 9 nitrogen and oxygen atoms in total. The number of amides is 1. The molecule has 47 heavy (non-hydrogen) atoms. The normalized spacial score (nSPS) is 27.2. The lowest BCUT2D eigenvalue weighted by Gasteiger charge is -2.64. The molecule has 2 aliphatic heterocycles. The number of aliphatic hydroxyl groups is 1. The largest absolute Gasteiger partial charge is 0.504 e. The van der Waals surface area contributed by atoms with Crippen LogP contribution < -0.4 is 4.74 Å². The van der Waals surface area contributed by atoms with E-state index in [9.17, 15) is 38.3 Å². The number of hydrogen-bond donors (Lipinski definition) is 2. The second-order valence-electron chi connectivity index (χ2n) is 12.9. The van der Waals surface area contributed by atoms with Crippen LogP contribution in [0.25, 0.3) is 0 Å². The number of ether oxygens (including phenoxy) is 1. The molecule has 1 spiro atoms. The number of phenols is 1. The number of hydrogen-bond acceptors (Lipinski definition) is 7. The van der Waals surface area contributed by atoms with Crippen molar-refractivity contribution < 1.29 is 37.8 Å². The molecule has 12 heteroatoms. The van der Waals surface area contributed by atoms with Gasteiger partial charge in [-0.2, -0.15) is 13.2 Å². The highest BCUT2D eigenvalue weighted by atomic mass is 19.4. The first-order valence-corrected chi connectivity index (χ1v) is 15.5. The summed E-state index contributed by atoms with van der Waals surface area (Å²) in [6, 6.07) is 14.2. The molecule has 7 rings (SSSR count). The predicted molar refractivity (Wildman–Crippen MR) is 164 cm³/mol. The number of carbonyl (C=O) groups excluding carboxylic acids is 1. The lowest BCUT2D eigenvalue weighted by atomic mass is 9.48. The predicted octanol–water partition coefficient (Wildman–Crippen LogP) is 4.59. The number of phenolic OH excluding ortho intramolecular Hbond substituents is 1. The lowest BCUT2D eigenvalue weighted by molar-refractivity contribution is -0.386. The number of halogens is 3. The summed E-state index contributed by atoms with van der Waals surface area (Å²) in [5.74, 6) is 4.28. The minimum Gasteiger partial charge on any atom is -0.504 e. The molecule has 1 amide bonds. The first-order chi connectivity index (χ1) is 22.3. The Morgan fingerprint density at radius 2 is 1.89 bits per heavy atom. The van der Waals surface area contributed by atoms with Gasteiger partial charge in [-0.05, 0) is 68.5 Å². The number of carbonyl (C=O) groups is 1. The van der Waals surface area contributed by atoms with Crippen molar-refractivity contribution in [3.05, 3.63) is 98.6 Å². The van der Waals surface area contributed by atoms with Gasteiger partial charge < -0.3 is 19.8 Å². The van der Waals surface area contributed by atoms with Crippen molar-refractivity contribution >= 4 is 11.6 Å². The van der Waals surface area contributed by atoms with Crippen LogP contribution in [0.3, 0.4) is 0 Å². The fourth-order valence-electron chi connectivity index (χ4n) is 8.52. The molecule has 2 bridgehead atoms. The summed E-state index contributed by atoms with van der Waals surface area (Å²) in [5, 5.41) is 36.1. The molecule has 244 valence electrons. The van der Waals surface area contributed by atoms with E-state index in [2.05, 4.69) is 16.7 Å². The summed E-state index contributed by atoms with van der Waals surface area (Å²) in [4.78, 5) is 28.8. The van der Waals surface area contributed by atoms with Crippen molar-refractivity contribution in [2.45, 2.75) is 67.5 Å². The van der Waals surface area contributed by atoms with Crippen LogP contribution in [0.5, 0.6) is 11.5 Å². The van der Waals surface area contributed by atoms with Crippen LogP contribution in [-0.2, 0) is 29.2 Å². The van der Waals surface area contributed by atoms with E-state index in [-0.39, 0.29) is 35.6 Å². The fraction of sp³-hybridized carbons (Fsp3) is 0.400. The Balaban J connectivity index is 1.23. The van der Waals surface area contributed by atoms with Gasteiger partial charge in [0.25, 0.3) is 11.6 Å². The Hall–Kier alpha value is -4.60. The van der Waals surface area contributed by atoms with E-state index < -0.39 is 51.8 Å². The van der Waals surface area contributed by atoms with Crippen molar-refractivity contribution in [3.8, 4) is 23.3 Å². The quantitative estimate of drug-likeness (QED) is 0.236. The molecule has 3 aromatic rings. The minimum absolute atomic E-state index is 0.105. The number of nitrogens with zero attached hydrogens (tertiary/aromatic N) is 3. The molecule has 1 saturated carbocycles. The maximum Gasteiger partial charge on any atom is 0.416 e.